The SMILES string of the molecule is [CH2]CC(c1ccccc1)C(C)C. The highest BCUT2D eigenvalue weighted by Gasteiger charge is 2.12. The van der Waals surface area contributed by atoms with Gasteiger partial charge in [-0.3, -0.25) is 0 Å². The van der Waals surface area contributed by atoms with Gasteiger partial charge in [0.1, 0.15) is 0 Å². The summed E-state index contributed by atoms with van der Waals surface area (Å²) in [7, 11) is 0. The fourth-order valence-electron chi connectivity index (χ4n) is 1.59. The Kier molecular flexibility index (Phi) is 3.33. The molecule has 0 fully saturated rings. The van der Waals surface area contributed by atoms with Crippen LogP contribution in [0.25, 0.3) is 0 Å². The molecule has 0 nitrogen and oxygen atoms in total. The van der Waals surface area contributed by atoms with E-state index in [9.17, 15) is 0 Å². The van der Waals surface area contributed by atoms with Crippen LogP contribution in [-0.2, 0) is 0 Å². The van der Waals surface area contributed by atoms with Gasteiger partial charge in [-0.05, 0) is 23.8 Å². The Labute approximate surface area is 75.6 Å². The minimum atomic E-state index is 0.617. The summed E-state index contributed by atoms with van der Waals surface area (Å²) in [5.41, 5.74) is 1.42. The van der Waals surface area contributed by atoms with Crippen molar-refractivity contribution in [2.24, 2.45) is 5.92 Å². The monoisotopic (exact) mass is 161 g/mol. The van der Waals surface area contributed by atoms with Crippen molar-refractivity contribution < 1.29 is 0 Å². The predicted molar refractivity (Wildman–Crippen MR) is 54.0 cm³/mol. The molecular formula is C12H17. The van der Waals surface area contributed by atoms with Gasteiger partial charge in [0, 0.05) is 0 Å². The zero-order valence-electron chi connectivity index (χ0n) is 7.96. The van der Waals surface area contributed by atoms with Crippen molar-refractivity contribution in [1.82, 2.24) is 0 Å². The number of hydrogen-bond donors (Lipinski definition) is 0. The minimum absolute atomic E-state index is 0.617. The Morgan fingerprint density at radius 2 is 1.75 bits per heavy atom. The predicted octanol–water partition coefficient (Wildman–Crippen LogP) is 3.65. The second-order valence-corrected chi connectivity index (χ2v) is 3.55. The quantitative estimate of drug-likeness (QED) is 0.634. The van der Waals surface area contributed by atoms with E-state index in [2.05, 4.69) is 51.1 Å². The van der Waals surface area contributed by atoms with Crippen LogP contribution < -0.4 is 0 Å². The third-order valence-corrected chi connectivity index (χ3v) is 2.34. The van der Waals surface area contributed by atoms with E-state index in [1.54, 1.807) is 0 Å². The largest absolute Gasteiger partial charge is 0.0622 e. The highest BCUT2D eigenvalue weighted by Crippen LogP contribution is 2.26. The lowest BCUT2D eigenvalue weighted by Crippen LogP contribution is -2.04. The Morgan fingerprint density at radius 3 is 2.17 bits per heavy atom. The lowest BCUT2D eigenvalue weighted by molar-refractivity contribution is 0.501. The maximum absolute atomic E-state index is 3.98. The first-order valence-corrected chi connectivity index (χ1v) is 4.60. The first kappa shape index (κ1) is 9.31. The van der Waals surface area contributed by atoms with E-state index in [-0.39, 0.29) is 0 Å². The van der Waals surface area contributed by atoms with Gasteiger partial charge in [0.05, 0.1) is 0 Å². The molecule has 1 aromatic rings. The van der Waals surface area contributed by atoms with Crippen molar-refractivity contribution in [1.29, 1.82) is 0 Å². The zero-order valence-corrected chi connectivity index (χ0v) is 7.96. The van der Waals surface area contributed by atoms with Crippen LogP contribution in [0, 0.1) is 12.8 Å². The molecule has 0 aromatic heterocycles. The smallest absolute Gasteiger partial charge is 0.0139 e. The topological polar surface area (TPSA) is 0 Å². The maximum atomic E-state index is 3.98. The molecule has 65 valence electrons. The molecule has 0 saturated heterocycles. The van der Waals surface area contributed by atoms with Crippen LogP contribution in [0.1, 0.15) is 31.7 Å². The summed E-state index contributed by atoms with van der Waals surface area (Å²) in [6.07, 6.45) is 0.988. The van der Waals surface area contributed by atoms with Gasteiger partial charge >= 0.3 is 0 Å². The molecule has 1 unspecified atom stereocenters. The highest BCUT2D eigenvalue weighted by molar-refractivity contribution is 5.20. The molecule has 0 amide bonds. The van der Waals surface area contributed by atoms with Crippen LogP contribution in [0.3, 0.4) is 0 Å². The summed E-state index contributed by atoms with van der Waals surface area (Å²) in [6, 6.07) is 10.6. The minimum Gasteiger partial charge on any atom is -0.0622 e. The zero-order chi connectivity index (χ0) is 8.97. The molecule has 0 bridgehead atoms. The van der Waals surface area contributed by atoms with Crippen LogP contribution >= 0.6 is 0 Å². The van der Waals surface area contributed by atoms with Crippen molar-refractivity contribution in [3.63, 3.8) is 0 Å². The lowest BCUT2D eigenvalue weighted by atomic mass is 9.86. The maximum Gasteiger partial charge on any atom is -0.0139 e. The standard InChI is InChI=1S/C12H17/c1-4-12(10(2)3)11-8-6-5-7-9-11/h5-10,12H,1,4H2,2-3H3. The molecule has 1 radical (unpaired) electrons. The summed E-state index contributed by atoms with van der Waals surface area (Å²) in [5, 5.41) is 0. The van der Waals surface area contributed by atoms with Crippen molar-refractivity contribution in [2.45, 2.75) is 26.2 Å². The number of rotatable bonds is 3. The van der Waals surface area contributed by atoms with Crippen LogP contribution in [0.2, 0.25) is 0 Å². The summed E-state index contributed by atoms with van der Waals surface area (Å²) in [6.45, 7) is 8.49. The molecule has 1 aromatic carbocycles. The Balaban J connectivity index is 2.80. The number of hydrogen-bond acceptors (Lipinski definition) is 0. The van der Waals surface area contributed by atoms with E-state index >= 15 is 0 Å². The van der Waals surface area contributed by atoms with Gasteiger partial charge in [-0.25, -0.2) is 0 Å². The van der Waals surface area contributed by atoms with Crippen molar-refractivity contribution in [3.8, 4) is 0 Å². The van der Waals surface area contributed by atoms with Gasteiger partial charge in [-0.1, -0.05) is 51.1 Å². The molecule has 12 heavy (non-hydrogen) atoms. The molecule has 1 rings (SSSR count). The van der Waals surface area contributed by atoms with Gasteiger partial charge in [-0.15, -0.1) is 0 Å². The fraction of sp³-hybridized carbons (Fsp3) is 0.417. The first-order chi connectivity index (χ1) is 5.75. The summed E-state index contributed by atoms with van der Waals surface area (Å²) in [4.78, 5) is 0. The van der Waals surface area contributed by atoms with E-state index in [0.29, 0.717) is 11.8 Å². The van der Waals surface area contributed by atoms with Crippen LogP contribution in [0.4, 0.5) is 0 Å². The molecule has 0 aliphatic heterocycles. The van der Waals surface area contributed by atoms with E-state index < -0.39 is 0 Å². The normalized spacial score (nSPS) is 13.3. The number of benzene rings is 1. The molecule has 0 heterocycles. The van der Waals surface area contributed by atoms with E-state index in [0.717, 1.165) is 6.42 Å². The van der Waals surface area contributed by atoms with Gasteiger partial charge < -0.3 is 0 Å². The third-order valence-electron chi connectivity index (χ3n) is 2.34. The van der Waals surface area contributed by atoms with E-state index in [4.69, 9.17) is 0 Å². The second kappa shape index (κ2) is 4.30. The van der Waals surface area contributed by atoms with Crippen LogP contribution in [0.15, 0.2) is 30.3 Å². The van der Waals surface area contributed by atoms with Gasteiger partial charge in [0.15, 0.2) is 0 Å². The van der Waals surface area contributed by atoms with Crippen molar-refractivity contribution >= 4 is 0 Å². The molecular weight excluding hydrogens is 144 g/mol. The fourth-order valence-corrected chi connectivity index (χ4v) is 1.59. The second-order valence-electron chi connectivity index (χ2n) is 3.55. The van der Waals surface area contributed by atoms with Crippen molar-refractivity contribution in [2.75, 3.05) is 0 Å². The first-order valence-electron chi connectivity index (χ1n) is 4.60. The molecule has 0 saturated carbocycles. The Morgan fingerprint density at radius 1 is 1.17 bits per heavy atom. The van der Waals surface area contributed by atoms with Gasteiger partial charge in [-0.2, -0.15) is 0 Å². The summed E-state index contributed by atoms with van der Waals surface area (Å²) < 4.78 is 0. The van der Waals surface area contributed by atoms with Crippen molar-refractivity contribution in [3.05, 3.63) is 42.8 Å². The summed E-state index contributed by atoms with van der Waals surface area (Å²) >= 11 is 0. The van der Waals surface area contributed by atoms with Gasteiger partial charge in [0.25, 0.3) is 0 Å². The third kappa shape index (κ3) is 2.10. The average molecular weight is 161 g/mol. The van der Waals surface area contributed by atoms with E-state index in [1.165, 1.54) is 5.56 Å². The molecule has 0 aliphatic rings. The van der Waals surface area contributed by atoms with Crippen LogP contribution in [0.5, 0.6) is 0 Å². The molecule has 0 heteroatoms. The van der Waals surface area contributed by atoms with Gasteiger partial charge in [0.2, 0.25) is 0 Å². The summed E-state index contributed by atoms with van der Waals surface area (Å²) in [5.74, 6) is 1.30. The highest BCUT2D eigenvalue weighted by atomic mass is 14.2. The molecule has 0 aliphatic carbocycles. The average Bonchev–Trinajstić information content (AvgIpc) is 2.07. The van der Waals surface area contributed by atoms with E-state index in [1.807, 2.05) is 0 Å². The lowest BCUT2D eigenvalue weighted by Gasteiger charge is -2.18. The van der Waals surface area contributed by atoms with Crippen LogP contribution in [-0.4, -0.2) is 0 Å². The molecule has 0 N–H and O–H groups in total. The molecule has 0 spiro atoms. The Hall–Kier alpha value is -0.780. The molecule has 1 atom stereocenters. The Bertz CT molecular complexity index is 211.